The summed E-state index contributed by atoms with van der Waals surface area (Å²) in [5.41, 5.74) is 1.93. The first-order valence-electron chi connectivity index (χ1n) is 9.37. The number of thioether (sulfide) groups is 1. The Morgan fingerprint density at radius 1 is 1.23 bits per heavy atom. The number of aryl methyl sites for hydroxylation is 1. The summed E-state index contributed by atoms with van der Waals surface area (Å²) in [4.78, 5) is 0. The molecule has 160 valence electrons. The molecule has 1 aromatic heterocycles. The van der Waals surface area contributed by atoms with Gasteiger partial charge in [0.2, 0.25) is 5.16 Å². The molecule has 0 aliphatic heterocycles. The first-order chi connectivity index (χ1) is 14.6. The minimum atomic E-state index is 0.363. The van der Waals surface area contributed by atoms with Crippen LogP contribution in [0.5, 0.6) is 11.5 Å². The molecule has 1 N–H and O–H groups in total. The second-order valence-corrected chi connectivity index (χ2v) is 8.72. The number of aromatic nitrogens is 4. The van der Waals surface area contributed by atoms with Crippen molar-refractivity contribution in [2.24, 2.45) is 7.05 Å². The number of rotatable bonds is 11. The summed E-state index contributed by atoms with van der Waals surface area (Å²) >= 11 is 11.5. The molecule has 0 saturated carbocycles. The fourth-order valence-corrected chi connectivity index (χ4v) is 4.18. The quantitative estimate of drug-likeness (QED) is 0.300. The van der Waals surface area contributed by atoms with Crippen LogP contribution in [0.15, 0.2) is 46.0 Å². The van der Waals surface area contributed by atoms with Crippen LogP contribution in [0.2, 0.25) is 5.02 Å². The molecule has 1 heterocycles. The van der Waals surface area contributed by atoms with Crippen molar-refractivity contribution in [3.05, 3.63) is 57.0 Å². The molecule has 0 aliphatic rings. The third-order valence-corrected chi connectivity index (χ3v) is 6.54. The van der Waals surface area contributed by atoms with E-state index in [1.54, 1.807) is 23.6 Å². The van der Waals surface area contributed by atoms with Crippen LogP contribution < -0.4 is 14.8 Å². The highest BCUT2D eigenvalue weighted by atomic mass is 79.9. The molecule has 0 unspecified atom stereocenters. The van der Waals surface area contributed by atoms with Gasteiger partial charge in [0.25, 0.3) is 0 Å². The molecule has 0 atom stereocenters. The van der Waals surface area contributed by atoms with E-state index in [4.69, 9.17) is 21.1 Å². The van der Waals surface area contributed by atoms with Gasteiger partial charge in [0.1, 0.15) is 6.61 Å². The second-order valence-electron chi connectivity index (χ2n) is 6.40. The van der Waals surface area contributed by atoms with E-state index >= 15 is 0 Å². The Kier molecular flexibility index (Phi) is 8.80. The monoisotopic (exact) mass is 511 g/mol. The lowest BCUT2D eigenvalue weighted by Crippen LogP contribution is -2.17. The average molecular weight is 513 g/mol. The lowest BCUT2D eigenvalue weighted by molar-refractivity contribution is 0.280. The topological polar surface area (TPSA) is 74.1 Å². The van der Waals surface area contributed by atoms with Gasteiger partial charge in [0.15, 0.2) is 11.5 Å². The highest BCUT2D eigenvalue weighted by Gasteiger charge is 2.15. The minimum Gasteiger partial charge on any atom is -0.493 e. The van der Waals surface area contributed by atoms with E-state index in [2.05, 4.69) is 36.8 Å². The van der Waals surface area contributed by atoms with Crippen LogP contribution in [0.25, 0.3) is 0 Å². The number of ether oxygens (including phenoxy) is 2. The SMILES string of the molecule is COc1ccc(Br)c(CNCCCSc2nnnn2C)c1OCc1ccccc1Cl. The van der Waals surface area contributed by atoms with E-state index < -0.39 is 0 Å². The highest BCUT2D eigenvalue weighted by molar-refractivity contribution is 9.10. The summed E-state index contributed by atoms with van der Waals surface area (Å²) in [6, 6.07) is 11.5. The highest BCUT2D eigenvalue weighted by Crippen LogP contribution is 2.37. The van der Waals surface area contributed by atoms with Crippen molar-refractivity contribution in [3.63, 3.8) is 0 Å². The first kappa shape index (κ1) is 22.9. The molecular formula is C20H23BrClN5O2S. The molecule has 10 heteroatoms. The van der Waals surface area contributed by atoms with Gasteiger partial charge in [-0.25, -0.2) is 4.68 Å². The van der Waals surface area contributed by atoms with Gasteiger partial charge in [-0.05, 0) is 41.6 Å². The minimum absolute atomic E-state index is 0.363. The van der Waals surface area contributed by atoms with E-state index in [1.165, 1.54) is 0 Å². The number of nitrogens with one attached hydrogen (secondary N) is 1. The Balaban J connectivity index is 1.58. The van der Waals surface area contributed by atoms with Gasteiger partial charge < -0.3 is 14.8 Å². The smallest absolute Gasteiger partial charge is 0.209 e. The average Bonchev–Trinajstić information content (AvgIpc) is 3.16. The Morgan fingerprint density at radius 3 is 2.80 bits per heavy atom. The first-order valence-corrected chi connectivity index (χ1v) is 11.5. The molecule has 0 bridgehead atoms. The van der Waals surface area contributed by atoms with Gasteiger partial charge in [-0.1, -0.05) is 57.5 Å². The number of hydrogen-bond acceptors (Lipinski definition) is 7. The molecule has 3 rings (SSSR count). The number of nitrogens with zero attached hydrogens (tertiary/aromatic N) is 4. The summed E-state index contributed by atoms with van der Waals surface area (Å²) in [5, 5.41) is 16.4. The number of halogens is 2. The van der Waals surface area contributed by atoms with Crippen LogP contribution in [0.4, 0.5) is 0 Å². The molecule has 2 aromatic carbocycles. The predicted octanol–water partition coefficient (Wildman–Crippen LogP) is 4.49. The maximum atomic E-state index is 6.27. The van der Waals surface area contributed by atoms with Gasteiger partial charge in [0.05, 0.1) is 7.11 Å². The van der Waals surface area contributed by atoms with Crippen LogP contribution >= 0.6 is 39.3 Å². The van der Waals surface area contributed by atoms with Crippen molar-refractivity contribution in [2.45, 2.75) is 24.7 Å². The van der Waals surface area contributed by atoms with Crippen LogP contribution in [0.1, 0.15) is 17.5 Å². The van der Waals surface area contributed by atoms with Crippen molar-refractivity contribution in [1.29, 1.82) is 0 Å². The summed E-state index contributed by atoms with van der Waals surface area (Å²) in [7, 11) is 3.48. The normalized spacial score (nSPS) is 10.9. The zero-order valence-electron chi connectivity index (χ0n) is 16.8. The fraction of sp³-hybridized carbons (Fsp3) is 0.350. The number of methoxy groups -OCH3 is 1. The van der Waals surface area contributed by atoms with Crippen molar-refractivity contribution in [3.8, 4) is 11.5 Å². The Labute approximate surface area is 193 Å². The molecule has 30 heavy (non-hydrogen) atoms. The Hall–Kier alpha value is -1.81. The lowest BCUT2D eigenvalue weighted by atomic mass is 10.1. The van der Waals surface area contributed by atoms with E-state index in [-0.39, 0.29) is 0 Å². The molecule has 0 aliphatic carbocycles. The van der Waals surface area contributed by atoms with E-state index in [9.17, 15) is 0 Å². The Bertz CT molecular complexity index is 972. The predicted molar refractivity (Wildman–Crippen MR) is 122 cm³/mol. The third kappa shape index (κ3) is 6.10. The number of hydrogen-bond donors (Lipinski definition) is 1. The van der Waals surface area contributed by atoms with Crippen molar-refractivity contribution >= 4 is 39.3 Å². The summed E-state index contributed by atoms with van der Waals surface area (Å²) in [6.45, 7) is 1.86. The van der Waals surface area contributed by atoms with E-state index in [0.29, 0.717) is 29.7 Å². The maximum absolute atomic E-state index is 6.27. The maximum Gasteiger partial charge on any atom is 0.209 e. The zero-order valence-corrected chi connectivity index (χ0v) is 19.9. The van der Waals surface area contributed by atoms with Crippen LogP contribution in [0.3, 0.4) is 0 Å². The number of benzene rings is 2. The summed E-state index contributed by atoms with van der Waals surface area (Å²) in [5.74, 6) is 2.32. The molecular weight excluding hydrogens is 490 g/mol. The second kappa shape index (κ2) is 11.5. The molecule has 0 fully saturated rings. The summed E-state index contributed by atoms with van der Waals surface area (Å²) < 4.78 is 14.3. The van der Waals surface area contributed by atoms with E-state index in [0.717, 1.165) is 39.5 Å². The van der Waals surface area contributed by atoms with Crippen molar-refractivity contribution < 1.29 is 9.47 Å². The van der Waals surface area contributed by atoms with Gasteiger partial charge in [0, 0.05) is 40.0 Å². The molecule has 0 radical (unpaired) electrons. The third-order valence-electron chi connectivity index (χ3n) is 4.33. The van der Waals surface area contributed by atoms with Crippen LogP contribution in [-0.2, 0) is 20.2 Å². The molecule has 3 aromatic rings. The van der Waals surface area contributed by atoms with Gasteiger partial charge in [-0.3, -0.25) is 0 Å². The van der Waals surface area contributed by atoms with Gasteiger partial charge >= 0.3 is 0 Å². The van der Waals surface area contributed by atoms with Crippen LogP contribution in [-0.4, -0.2) is 39.6 Å². The fourth-order valence-electron chi connectivity index (χ4n) is 2.75. The lowest BCUT2D eigenvalue weighted by Gasteiger charge is -2.17. The molecule has 7 nitrogen and oxygen atoms in total. The zero-order chi connectivity index (χ0) is 21.3. The summed E-state index contributed by atoms with van der Waals surface area (Å²) in [6.07, 6.45) is 0.981. The standard InChI is InChI=1S/C20H23BrClN5O2S/c1-27-20(24-25-26-27)30-11-5-10-23-12-15-16(21)8-9-18(28-2)19(15)29-13-14-6-3-4-7-17(14)22/h3-4,6-9,23H,5,10-13H2,1-2H3. The molecule has 0 saturated heterocycles. The molecule has 0 spiro atoms. The van der Waals surface area contributed by atoms with Crippen LogP contribution in [0, 0.1) is 0 Å². The van der Waals surface area contributed by atoms with Gasteiger partial charge in [-0.15, -0.1) is 5.10 Å². The number of tetrazole rings is 1. The molecule has 0 amide bonds. The van der Waals surface area contributed by atoms with Gasteiger partial charge in [-0.2, -0.15) is 0 Å². The van der Waals surface area contributed by atoms with Crippen molar-refractivity contribution in [1.82, 2.24) is 25.5 Å². The van der Waals surface area contributed by atoms with Crippen molar-refractivity contribution in [2.75, 3.05) is 19.4 Å². The van der Waals surface area contributed by atoms with E-state index in [1.807, 2.05) is 43.4 Å². The Morgan fingerprint density at radius 2 is 2.07 bits per heavy atom. The largest absolute Gasteiger partial charge is 0.493 e.